The summed E-state index contributed by atoms with van der Waals surface area (Å²) in [6, 6.07) is 5.64. The van der Waals surface area contributed by atoms with E-state index in [1.54, 1.807) is 24.3 Å². The molecular weight excluding hydrogens is 450 g/mol. The summed E-state index contributed by atoms with van der Waals surface area (Å²) in [7, 11) is 0. The minimum atomic E-state index is -1.24. The van der Waals surface area contributed by atoms with Crippen LogP contribution in [0.5, 0.6) is 0 Å². The van der Waals surface area contributed by atoms with Crippen LogP contribution in [0.25, 0.3) is 0 Å². The van der Waals surface area contributed by atoms with Crippen LogP contribution in [0.2, 0.25) is 0 Å². The van der Waals surface area contributed by atoms with Crippen molar-refractivity contribution in [1.82, 2.24) is 16.0 Å². The minimum absolute atomic E-state index is 0.0777. The quantitative estimate of drug-likeness (QED) is 0.0624. The van der Waals surface area contributed by atoms with Gasteiger partial charge in [-0.1, -0.05) is 30.3 Å². The summed E-state index contributed by atoms with van der Waals surface area (Å²) in [5, 5.41) is 16.8. The lowest BCUT2D eigenvalue weighted by molar-refractivity contribution is -0.142. The maximum Gasteiger partial charge on any atom is 0.326 e. The van der Waals surface area contributed by atoms with E-state index in [0.29, 0.717) is 6.42 Å². The summed E-state index contributed by atoms with van der Waals surface area (Å²) in [4.78, 5) is 52.5. The van der Waals surface area contributed by atoms with Crippen LogP contribution in [0.15, 0.2) is 35.3 Å². The molecule has 0 aliphatic carbocycles. The third-order valence-corrected chi connectivity index (χ3v) is 4.86. The Kier molecular flexibility index (Phi) is 12.3. The molecule has 1 aromatic carbocycles. The molecule has 0 spiro atoms. The standard InChI is InChI=1S/C20H31N7O5S/c21-10-16(28)25-14(9-12-5-2-1-3-6-12)17(29)27-15(11-33)18(30)26-13(19(31)32)7-4-8-24-20(22)23/h1-3,5-6,13-15,33H,4,7-11,21H2,(H,25,28)(H,26,30)(H,27,29)(H,31,32)(H4,22,23,24). The van der Waals surface area contributed by atoms with Crippen LogP contribution in [0, 0.1) is 0 Å². The van der Waals surface area contributed by atoms with Crippen molar-refractivity contribution in [2.45, 2.75) is 37.4 Å². The van der Waals surface area contributed by atoms with Crippen molar-refractivity contribution in [2.75, 3.05) is 18.8 Å². The number of nitrogens with one attached hydrogen (secondary N) is 3. The Labute approximate surface area is 197 Å². The molecule has 0 fully saturated rings. The number of benzene rings is 1. The van der Waals surface area contributed by atoms with Crippen LogP contribution < -0.4 is 33.2 Å². The normalized spacial score (nSPS) is 13.2. The van der Waals surface area contributed by atoms with E-state index in [4.69, 9.17) is 17.2 Å². The lowest BCUT2D eigenvalue weighted by atomic mass is 10.0. The lowest BCUT2D eigenvalue weighted by Gasteiger charge is -2.23. The van der Waals surface area contributed by atoms with Gasteiger partial charge in [-0.2, -0.15) is 12.6 Å². The van der Waals surface area contributed by atoms with Gasteiger partial charge in [-0.05, 0) is 18.4 Å². The van der Waals surface area contributed by atoms with Gasteiger partial charge in [0.25, 0.3) is 0 Å². The lowest BCUT2D eigenvalue weighted by Crippen LogP contribution is -2.57. The predicted octanol–water partition coefficient (Wildman–Crippen LogP) is -2.29. The van der Waals surface area contributed by atoms with Crippen molar-refractivity contribution in [1.29, 1.82) is 0 Å². The summed E-state index contributed by atoms with van der Waals surface area (Å²) in [6.45, 7) is -0.105. The molecule has 13 heteroatoms. The van der Waals surface area contributed by atoms with E-state index in [1.807, 2.05) is 6.07 Å². The molecule has 0 saturated carbocycles. The molecule has 10 N–H and O–H groups in total. The van der Waals surface area contributed by atoms with Crippen LogP contribution >= 0.6 is 12.6 Å². The van der Waals surface area contributed by atoms with Crippen molar-refractivity contribution in [3.05, 3.63) is 35.9 Å². The molecule has 0 saturated heterocycles. The van der Waals surface area contributed by atoms with Crippen LogP contribution in [-0.4, -0.2) is 71.7 Å². The number of aliphatic carboxylic acids is 1. The molecule has 12 nitrogen and oxygen atoms in total. The Hall–Kier alpha value is -3.32. The van der Waals surface area contributed by atoms with E-state index >= 15 is 0 Å². The zero-order chi connectivity index (χ0) is 24.8. The third kappa shape index (κ3) is 10.7. The molecule has 0 radical (unpaired) electrons. The molecule has 0 aliphatic heterocycles. The number of aliphatic imine (C=N–C) groups is 1. The number of rotatable bonds is 14. The second-order valence-electron chi connectivity index (χ2n) is 7.11. The maximum absolute atomic E-state index is 12.8. The van der Waals surface area contributed by atoms with Crippen molar-refractivity contribution >= 4 is 42.3 Å². The fourth-order valence-corrected chi connectivity index (χ4v) is 3.07. The smallest absolute Gasteiger partial charge is 0.326 e. The van der Waals surface area contributed by atoms with Gasteiger partial charge in [0, 0.05) is 18.7 Å². The number of carbonyl (C=O) groups is 4. The van der Waals surface area contributed by atoms with Crippen LogP contribution in [-0.2, 0) is 25.6 Å². The molecule has 0 aromatic heterocycles. The highest BCUT2D eigenvalue weighted by Gasteiger charge is 2.28. The average Bonchev–Trinajstić information content (AvgIpc) is 2.78. The molecule has 3 atom stereocenters. The Morgan fingerprint density at radius 1 is 0.970 bits per heavy atom. The Morgan fingerprint density at radius 3 is 2.12 bits per heavy atom. The molecule has 33 heavy (non-hydrogen) atoms. The largest absolute Gasteiger partial charge is 0.480 e. The second kappa shape index (κ2) is 14.7. The number of hydrogen-bond acceptors (Lipinski definition) is 7. The van der Waals surface area contributed by atoms with Crippen molar-refractivity contribution < 1.29 is 24.3 Å². The van der Waals surface area contributed by atoms with Gasteiger partial charge in [-0.25, -0.2) is 4.79 Å². The third-order valence-electron chi connectivity index (χ3n) is 4.50. The van der Waals surface area contributed by atoms with Gasteiger partial charge in [-0.15, -0.1) is 0 Å². The minimum Gasteiger partial charge on any atom is -0.480 e. The Morgan fingerprint density at radius 2 is 1.58 bits per heavy atom. The summed E-state index contributed by atoms with van der Waals surface area (Å²) in [5.74, 6) is -3.35. The number of guanidine groups is 1. The van der Waals surface area contributed by atoms with Gasteiger partial charge in [0.05, 0.1) is 6.54 Å². The van der Waals surface area contributed by atoms with Gasteiger partial charge in [0.15, 0.2) is 5.96 Å². The number of thiol groups is 1. The first-order valence-electron chi connectivity index (χ1n) is 10.2. The fourth-order valence-electron chi connectivity index (χ4n) is 2.81. The van der Waals surface area contributed by atoms with Crippen LogP contribution in [0.1, 0.15) is 18.4 Å². The molecule has 0 bridgehead atoms. The SMILES string of the molecule is NCC(=O)NC(Cc1ccccc1)C(=O)NC(CS)C(=O)NC(CCCN=C(N)N)C(=O)O. The van der Waals surface area contributed by atoms with Gasteiger partial charge < -0.3 is 38.3 Å². The summed E-state index contributed by atoms with van der Waals surface area (Å²) >= 11 is 4.09. The molecule has 3 unspecified atom stereocenters. The number of nitrogens with two attached hydrogens (primary N) is 3. The van der Waals surface area contributed by atoms with E-state index in [0.717, 1.165) is 5.56 Å². The van der Waals surface area contributed by atoms with Crippen molar-refractivity contribution in [3.8, 4) is 0 Å². The zero-order valence-corrected chi connectivity index (χ0v) is 19.0. The van der Waals surface area contributed by atoms with Crippen LogP contribution in [0.3, 0.4) is 0 Å². The highest BCUT2D eigenvalue weighted by atomic mass is 32.1. The maximum atomic E-state index is 12.8. The van der Waals surface area contributed by atoms with Gasteiger partial charge in [0.1, 0.15) is 18.1 Å². The number of amides is 3. The van der Waals surface area contributed by atoms with Gasteiger partial charge in [0.2, 0.25) is 17.7 Å². The molecule has 0 aliphatic rings. The van der Waals surface area contributed by atoms with Crippen LogP contribution in [0.4, 0.5) is 0 Å². The Balaban J connectivity index is 2.81. The molecule has 1 aromatic rings. The van der Waals surface area contributed by atoms with Crippen molar-refractivity contribution in [2.24, 2.45) is 22.2 Å². The fraction of sp³-hybridized carbons (Fsp3) is 0.450. The van der Waals surface area contributed by atoms with E-state index < -0.39 is 41.8 Å². The topological polar surface area (TPSA) is 215 Å². The highest BCUT2D eigenvalue weighted by Crippen LogP contribution is 2.05. The molecule has 3 amide bonds. The average molecular weight is 482 g/mol. The predicted molar refractivity (Wildman–Crippen MR) is 126 cm³/mol. The molecule has 0 heterocycles. The number of carbonyl (C=O) groups excluding carboxylic acids is 3. The zero-order valence-electron chi connectivity index (χ0n) is 18.1. The van der Waals surface area contributed by atoms with E-state index in [9.17, 15) is 24.3 Å². The van der Waals surface area contributed by atoms with Gasteiger partial charge in [-0.3, -0.25) is 19.4 Å². The number of carboxylic acid groups (broad SMARTS) is 1. The van der Waals surface area contributed by atoms with Gasteiger partial charge >= 0.3 is 5.97 Å². The summed E-state index contributed by atoms with van der Waals surface area (Å²) in [6.07, 6.45) is 0.563. The monoisotopic (exact) mass is 481 g/mol. The molecular formula is C20H31N7O5S. The van der Waals surface area contributed by atoms with E-state index in [-0.39, 0.29) is 37.6 Å². The summed E-state index contributed by atoms with van der Waals surface area (Å²) < 4.78 is 0. The Bertz CT molecular complexity index is 833. The number of carboxylic acids is 1. The number of hydrogen-bond donors (Lipinski definition) is 8. The first kappa shape index (κ1) is 27.7. The molecule has 1 rings (SSSR count). The van der Waals surface area contributed by atoms with E-state index in [1.165, 1.54) is 0 Å². The van der Waals surface area contributed by atoms with E-state index in [2.05, 4.69) is 33.6 Å². The number of nitrogens with zero attached hydrogens (tertiary/aromatic N) is 1. The second-order valence-corrected chi connectivity index (χ2v) is 7.47. The first-order chi connectivity index (χ1) is 15.7. The summed E-state index contributed by atoms with van der Waals surface area (Å²) in [5.41, 5.74) is 16.6. The molecule has 182 valence electrons. The highest BCUT2D eigenvalue weighted by molar-refractivity contribution is 7.80. The van der Waals surface area contributed by atoms with Crippen molar-refractivity contribution in [3.63, 3.8) is 0 Å². The first-order valence-corrected chi connectivity index (χ1v) is 10.8.